The van der Waals surface area contributed by atoms with Gasteiger partial charge in [0.25, 0.3) is 0 Å². The normalized spacial score (nSPS) is 13.0. The molecule has 2 aromatic rings. The first-order chi connectivity index (χ1) is 7.61. The van der Waals surface area contributed by atoms with Crippen molar-refractivity contribution in [2.75, 3.05) is 7.05 Å². The fourth-order valence-electron chi connectivity index (χ4n) is 1.45. The van der Waals surface area contributed by atoms with Gasteiger partial charge in [-0.1, -0.05) is 11.6 Å². The molecule has 1 atom stereocenters. The second-order valence-corrected chi connectivity index (χ2v) is 8.79. The van der Waals surface area contributed by atoms with Crippen LogP contribution in [-0.4, -0.2) is 7.05 Å². The van der Waals surface area contributed by atoms with Crippen molar-refractivity contribution in [3.05, 3.63) is 39.6 Å². The van der Waals surface area contributed by atoms with Gasteiger partial charge < -0.3 is 5.32 Å². The van der Waals surface area contributed by atoms with Gasteiger partial charge in [0.05, 0.1) is 17.7 Å². The number of nitrogens with one attached hydrogen (secondary N) is 1. The Morgan fingerprint density at radius 1 is 1.50 bits per heavy atom. The van der Waals surface area contributed by atoms with E-state index in [0.29, 0.717) is 0 Å². The van der Waals surface area contributed by atoms with Crippen LogP contribution in [0.1, 0.15) is 16.5 Å². The van der Waals surface area contributed by atoms with Crippen LogP contribution in [0.2, 0.25) is 5.02 Å². The van der Waals surface area contributed by atoms with Gasteiger partial charge in [0.2, 0.25) is 0 Å². The van der Waals surface area contributed by atoms with E-state index in [0.717, 1.165) is 8.81 Å². The standard InChI is InChI=1S/C10H8BrClINS2/c1-14-9(5-2-8(13)15-4-5)7-3-6(12)10(11)16-7/h2-4,9,14H,1H3. The van der Waals surface area contributed by atoms with E-state index in [-0.39, 0.29) is 6.04 Å². The zero-order valence-corrected chi connectivity index (χ0v) is 14.4. The molecule has 0 amide bonds. The molecule has 1 unspecified atom stereocenters. The minimum Gasteiger partial charge on any atom is -0.309 e. The lowest BCUT2D eigenvalue weighted by atomic mass is 10.1. The van der Waals surface area contributed by atoms with Gasteiger partial charge in [-0.3, -0.25) is 0 Å². The molecule has 0 saturated heterocycles. The zero-order chi connectivity index (χ0) is 11.7. The highest BCUT2D eigenvalue weighted by molar-refractivity contribution is 14.1. The van der Waals surface area contributed by atoms with E-state index in [1.807, 2.05) is 13.1 Å². The van der Waals surface area contributed by atoms with Crippen molar-refractivity contribution in [3.63, 3.8) is 0 Å². The van der Waals surface area contributed by atoms with Crippen molar-refractivity contribution in [3.8, 4) is 0 Å². The minimum absolute atomic E-state index is 0.230. The van der Waals surface area contributed by atoms with E-state index < -0.39 is 0 Å². The molecule has 6 heteroatoms. The van der Waals surface area contributed by atoms with E-state index in [1.54, 1.807) is 22.7 Å². The van der Waals surface area contributed by atoms with Crippen molar-refractivity contribution in [1.29, 1.82) is 0 Å². The largest absolute Gasteiger partial charge is 0.309 e. The van der Waals surface area contributed by atoms with Gasteiger partial charge in [-0.15, -0.1) is 22.7 Å². The molecule has 0 saturated carbocycles. The minimum atomic E-state index is 0.230. The van der Waals surface area contributed by atoms with Crippen LogP contribution in [0.15, 0.2) is 21.3 Å². The molecule has 2 heterocycles. The molecule has 0 bridgehead atoms. The lowest BCUT2D eigenvalue weighted by Crippen LogP contribution is -2.15. The van der Waals surface area contributed by atoms with Gasteiger partial charge in [0, 0.05) is 4.88 Å². The molecule has 0 aliphatic heterocycles. The summed E-state index contributed by atoms with van der Waals surface area (Å²) in [5, 5.41) is 6.29. The van der Waals surface area contributed by atoms with Crippen LogP contribution < -0.4 is 5.32 Å². The topological polar surface area (TPSA) is 12.0 Å². The Hall–Kier alpha value is 0.860. The lowest BCUT2D eigenvalue weighted by molar-refractivity contribution is 0.706. The summed E-state index contributed by atoms with van der Waals surface area (Å²) >= 11 is 15.3. The summed E-state index contributed by atoms with van der Waals surface area (Å²) in [6.45, 7) is 0. The third-order valence-electron chi connectivity index (χ3n) is 2.16. The third kappa shape index (κ3) is 2.81. The van der Waals surface area contributed by atoms with Crippen LogP contribution in [0.25, 0.3) is 0 Å². The SMILES string of the molecule is CNC(c1csc(I)c1)c1cc(Cl)c(Br)s1. The van der Waals surface area contributed by atoms with Crippen molar-refractivity contribution in [2.24, 2.45) is 0 Å². The van der Waals surface area contributed by atoms with Crippen LogP contribution in [0, 0.1) is 2.88 Å². The van der Waals surface area contributed by atoms with E-state index >= 15 is 0 Å². The van der Waals surface area contributed by atoms with Gasteiger partial charge in [-0.25, -0.2) is 0 Å². The van der Waals surface area contributed by atoms with Crippen molar-refractivity contribution >= 4 is 72.8 Å². The molecule has 2 aromatic heterocycles. The van der Waals surface area contributed by atoms with Gasteiger partial charge in [-0.2, -0.15) is 0 Å². The molecule has 0 radical (unpaired) electrons. The Kier molecular flexibility index (Phi) is 4.71. The number of halogens is 3. The molecular weight excluding hydrogens is 441 g/mol. The van der Waals surface area contributed by atoms with Gasteiger partial charge in [0.1, 0.15) is 0 Å². The van der Waals surface area contributed by atoms with Crippen molar-refractivity contribution < 1.29 is 0 Å². The van der Waals surface area contributed by atoms with Crippen LogP contribution >= 0.6 is 72.8 Å². The maximum atomic E-state index is 6.06. The second kappa shape index (κ2) is 5.67. The quantitative estimate of drug-likeness (QED) is 0.642. The van der Waals surface area contributed by atoms with Crippen molar-refractivity contribution in [1.82, 2.24) is 5.32 Å². The lowest BCUT2D eigenvalue weighted by Gasteiger charge is -2.12. The molecule has 16 heavy (non-hydrogen) atoms. The monoisotopic (exact) mass is 447 g/mol. The second-order valence-electron chi connectivity index (χ2n) is 3.18. The Labute approximate surface area is 129 Å². The average Bonchev–Trinajstić information content (AvgIpc) is 2.77. The summed E-state index contributed by atoms with van der Waals surface area (Å²) in [5.41, 5.74) is 1.29. The fraction of sp³-hybridized carbons (Fsp3) is 0.200. The molecule has 1 nitrogen and oxygen atoms in total. The number of hydrogen-bond acceptors (Lipinski definition) is 3. The highest BCUT2D eigenvalue weighted by Crippen LogP contribution is 2.38. The molecular formula is C10H8BrClINS2. The first-order valence-corrected chi connectivity index (χ1v) is 8.42. The number of hydrogen-bond donors (Lipinski definition) is 1. The highest BCUT2D eigenvalue weighted by atomic mass is 127. The molecule has 0 aromatic carbocycles. The summed E-state index contributed by atoms with van der Waals surface area (Å²) in [5.74, 6) is 0. The van der Waals surface area contributed by atoms with E-state index in [4.69, 9.17) is 11.6 Å². The Morgan fingerprint density at radius 2 is 2.25 bits per heavy atom. The Morgan fingerprint density at radius 3 is 2.69 bits per heavy atom. The molecule has 86 valence electrons. The maximum absolute atomic E-state index is 6.06. The highest BCUT2D eigenvalue weighted by Gasteiger charge is 2.17. The summed E-state index contributed by atoms with van der Waals surface area (Å²) < 4.78 is 2.30. The first-order valence-electron chi connectivity index (χ1n) is 4.47. The molecule has 0 aliphatic rings. The number of thiophene rings is 2. The molecule has 0 aliphatic carbocycles. The van der Waals surface area contributed by atoms with Gasteiger partial charge >= 0.3 is 0 Å². The molecule has 2 rings (SSSR count). The molecule has 1 N–H and O–H groups in total. The number of rotatable bonds is 3. The van der Waals surface area contributed by atoms with Crippen LogP contribution in [0.5, 0.6) is 0 Å². The maximum Gasteiger partial charge on any atom is 0.0888 e. The Balaban J connectivity index is 2.36. The van der Waals surface area contributed by atoms with Crippen molar-refractivity contribution in [2.45, 2.75) is 6.04 Å². The van der Waals surface area contributed by atoms with E-state index in [2.05, 4.69) is 55.3 Å². The first kappa shape index (κ1) is 13.3. The predicted octanol–water partition coefficient (Wildman–Crippen LogP) is 5.14. The molecule has 0 fully saturated rings. The smallest absolute Gasteiger partial charge is 0.0888 e. The van der Waals surface area contributed by atoms with Crippen LogP contribution in [0.4, 0.5) is 0 Å². The third-order valence-corrected chi connectivity index (χ3v) is 6.51. The zero-order valence-electron chi connectivity index (χ0n) is 8.26. The summed E-state index contributed by atoms with van der Waals surface area (Å²) in [6.07, 6.45) is 0. The Bertz CT molecular complexity index is 477. The summed E-state index contributed by atoms with van der Waals surface area (Å²) in [6, 6.07) is 4.45. The average molecular weight is 449 g/mol. The van der Waals surface area contributed by atoms with Crippen LogP contribution in [0.3, 0.4) is 0 Å². The van der Waals surface area contributed by atoms with Gasteiger partial charge in [-0.05, 0) is 68.6 Å². The fourth-order valence-corrected chi connectivity index (χ4v) is 4.74. The molecule has 0 spiro atoms. The van der Waals surface area contributed by atoms with E-state index in [1.165, 1.54) is 13.3 Å². The predicted molar refractivity (Wildman–Crippen MR) is 85.0 cm³/mol. The summed E-state index contributed by atoms with van der Waals surface area (Å²) in [7, 11) is 1.97. The van der Waals surface area contributed by atoms with E-state index in [9.17, 15) is 0 Å². The van der Waals surface area contributed by atoms with Gasteiger partial charge in [0.15, 0.2) is 0 Å². The van der Waals surface area contributed by atoms with Crippen LogP contribution in [-0.2, 0) is 0 Å². The summed E-state index contributed by atoms with van der Waals surface area (Å²) in [4.78, 5) is 1.23.